The summed E-state index contributed by atoms with van der Waals surface area (Å²) in [7, 11) is -3.50. The van der Waals surface area contributed by atoms with Crippen LogP contribution in [0.3, 0.4) is 0 Å². The Labute approximate surface area is 167 Å². The highest BCUT2D eigenvalue weighted by molar-refractivity contribution is 7.92. The number of amides is 1. The molecule has 1 amide bonds. The first-order valence-corrected chi connectivity index (χ1v) is 10.6. The molecule has 2 rings (SSSR count). The van der Waals surface area contributed by atoms with Crippen molar-refractivity contribution in [3.8, 4) is 0 Å². The van der Waals surface area contributed by atoms with Crippen LogP contribution in [0.15, 0.2) is 42.5 Å². The highest BCUT2D eigenvalue weighted by atomic mass is 35.5. The largest absolute Gasteiger partial charge is 0.325 e. The molecule has 0 bridgehead atoms. The van der Waals surface area contributed by atoms with E-state index in [2.05, 4.69) is 5.32 Å². The maximum absolute atomic E-state index is 12.1. The molecule has 2 aromatic carbocycles. The van der Waals surface area contributed by atoms with Gasteiger partial charge < -0.3 is 5.32 Å². The molecule has 0 saturated carbocycles. The Hall–Kier alpha value is -1.47. The summed E-state index contributed by atoms with van der Waals surface area (Å²) in [5, 5.41) is 3.92. The molecule has 0 aromatic heterocycles. The van der Waals surface area contributed by atoms with Gasteiger partial charge in [-0.1, -0.05) is 40.9 Å². The molecule has 9 heteroatoms. The number of nitrogens with zero attached hydrogens (tertiary/aromatic N) is 1. The van der Waals surface area contributed by atoms with E-state index in [0.29, 0.717) is 32.9 Å². The minimum Gasteiger partial charge on any atom is -0.325 e. The molecule has 0 spiro atoms. The molecule has 140 valence electrons. The topological polar surface area (TPSA) is 66.5 Å². The summed E-state index contributed by atoms with van der Waals surface area (Å²) in [5.74, 6) is -0.270. The highest BCUT2D eigenvalue weighted by Crippen LogP contribution is 2.26. The molecular weight excluding hydrogens is 419 g/mol. The van der Waals surface area contributed by atoms with Gasteiger partial charge in [0.05, 0.1) is 22.7 Å². The van der Waals surface area contributed by atoms with Gasteiger partial charge >= 0.3 is 0 Å². The number of nitrogens with one attached hydrogen (secondary N) is 1. The number of hydrogen-bond donors (Lipinski definition) is 1. The quantitative estimate of drug-likeness (QED) is 0.677. The van der Waals surface area contributed by atoms with Crippen LogP contribution in [0.4, 0.5) is 11.4 Å². The summed E-state index contributed by atoms with van der Waals surface area (Å²) in [5.41, 5.74) is 0.914. The summed E-state index contributed by atoms with van der Waals surface area (Å²) < 4.78 is 25.3. The molecule has 0 aliphatic rings. The number of rotatable bonds is 7. The van der Waals surface area contributed by atoms with E-state index < -0.39 is 10.0 Å². The number of carbonyl (C=O) groups excluding carboxylic acids is 1. The lowest BCUT2D eigenvalue weighted by molar-refractivity contribution is -0.116. The zero-order valence-electron chi connectivity index (χ0n) is 13.9. The molecule has 0 aliphatic carbocycles. The number of halogens is 3. The molecule has 0 atom stereocenters. The summed E-state index contributed by atoms with van der Waals surface area (Å²) >= 11 is 17.8. The van der Waals surface area contributed by atoms with Gasteiger partial charge in [0.1, 0.15) is 0 Å². The van der Waals surface area contributed by atoms with Crippen LogP contribution in [-0.4, -0.2) is 27.1 Å². The third kappa shape index (κ3) is 6.06. The smallest absolute Gasteiger partial charge is 0.232 e. The zero-order valence-corrected chi connectivity index (χ0v) is 17.0. The Morgan fingerprint density at radius 2 is 1.77 bits per heavy atom. The van der Waals surface area contributed by atoms with E-state index in [1.807, 2.05) is 0 Å². The molecule has 0 unspecified atom stereocenters. The van der Waals surface area contributed by atoms with Crippen molar-refractivity contribution < 1.29 is 13.2 Å². The van der Waals surface area contributed by atoms with Gasteiger partial charge in [-0.15, -0.1) is 0 Å². The van der Waals surface area contributed by atoms with E-state index in [0.717, 1.165) is 6.26 Å². The molecule has 2 aromatic rings. The van der Waals surface area contributed by atoms with Crippen LogP contribution in [-0.2, 0) is 14.8 Å². The molecule has 0 aliphatic heterocycles. The van der Waals surface area contributed by atoms with Crippen molar-refractivity contribution in [2.24, 2.45) is 0 Å². The molecule has 0 fully saturated rings. The maximum Gasteiger partial charge on any atom is 0.232 e. The van der Waals surface area contributed by atoms with Gasteiger partial charge in [-0.2, -0.15) is 0 Å². The van der Waals surface area contributed by atoms with Gasteiger partial charge in [-0.25, -0.2) is 8.42 Å². The second kappa shape index (κ2) is 8.95. The van der Waals surface area contributed by atoms with E-state index >= 15 is 0 Å². The monoisotopic (exact) mass is 434 g/mol. The third-order valence-corrected chi connectivity index (χ3v) is 5.44. The fourth-order valence-electron chi connectivity index (χ4n) is 2.30. The molecule has 0 radical (unpaired) electrons. The average Bonchev–Trinajstić information content (AvgIpc) is 2.53. The van der Waals surface area contributed by atoms with Crippen LogP contribution < -0.4 is 9.62 Å². The summed E-state index contributed by atoms with van der Waals surface area (Å²) in [6.45, 7) is 0.154. The maximum atomic E-state index is 12.1. The lowest BCUT2D eigenvalue weighted by atomic mass is 10.2. The first-order valence-electron chi connectivity index (χ1n) is 7.65. The van der Waals surface area contributed by atoms with Crippen molar-refractivity contribution in [3.05, 3.63) is 57.5 Å². The molecule has 0 heterocycles. The average molecular weight is 436 g/mol. The normalized spacial score (nSPS) is 11.2. The highest BCUT2D eigenvalue weighted by Gasteiger charge is 2.18. The van der Waals surface area contributed by atoms with Crippen molar-refractivity contribution in [3.63, 3.8) is 0 Å². The van der Waals surface area contributed by atoms with Crippen LogP contribution in [0.25, 0.3) is 0 Å². The second-order valence-electron chi connectivity index (χ2n) is 5.59. The van der Waals surface area contributed by atoms with E-state index in [4.69, 9.17) is 34.8 Å². The van der Waals surface area contributed by atoms with Crippen LogP contribution in [0.1, 0.15) is 12.8 Å². The van der Waals surface area contributed by atoms with Crippen molar-refractivity contribution in [1.82, 2.24) is 0 Å². The van der Waals surface area contributed by atoms with Gasteiger partial charge in [0.2, 0.25) is 15.9 Å². The minimum atomic E-state index is -3.50. The Kier molecular flexibility index (Phi) is 7.17. The van der Waals surface area contributed by atoms with Crippen LogP contribution in [0.5, 0.6) is 0 Å². The molecule has 0 saturated heterocycles. The molecule has 1 N–H and O–H groups in total. The van der Waals surface area contributed by atoms with E-state index in [9.17, 15) is 13.2 Å². The van der Waals surface area contributed by atoms with Gasteiger partial charge in [0, 0.05) is 23.0 Å². The lowest BCUT2D eigenvalue weighted by Gasteiger charge is -2.22. The predicted octanol–water partition coefficient (Wildman–Crippen LogP) is 4.83. The Morgan fingerprint density at radius 3 is 2.38 bits per heavy atom. The Balaban J connectivity index is 1.98. The summed E-state index contributed by atoms with van der Waals surface area (Å²) in [4.78, 5) is 12.1. The van der Waals surface area contributed by atoms with Crippen molar-refractivity contribution in [2.45, 2.75) is 12.8 Å². The standard InChI is InChI=1S/C17H17Cl3N2O3S/c1-26(24,25)22(14-5-2-4-12(18)10-14)9-3-6-17(23)21-16-8-7-13(19)11-15(16)20/h2,4-5,7-8,10-11H,3,6,9H2,1H3,(H,21,23). The first kappa shape index (κ1) is 20.8. The van der Waals surface area contributed by atoms with Gasteiger partial charge in [-0.05, 0) is 42.8 Å². The van der Waals surface area contributed by atoms with E-state index in [1.165, 1.54) is 10.4 Å². The molecular formula is C17H17Cl3N2O3S. The van der Waals surface area contributed by atoms with Crippen molar-refractivity contribution in [1.29, 1.82) is 0 Å². The predicted molar refractivity (Wildman–Crippen MR) is 108 cm³/mol. The van der Waals surface area contributed by atoms with Gasteiger partial charge in [-0.3, -0.25) is 9.10 Å². The molecule has 26 heavy (non-hydrogen) atoms. The van der Waals surface area contributed by atoms with Gasteiger partial charge in [0.15, 0.2) is 0 Å². The zero-order chi connectivity index (χ0) is 19.3. The van der Waals surface area contributed by atoms with Gasteiger partial charge in [0.25, 0.3) is 0 Å². The summed E-state index contributed by atoms with van der Waals surface area (Å²) in [6.07, 6.45) is 1.57. The number of sulfonamides is 1. The minimum absolute atomic E-state index is 0.130. The lowest BCUT2D eigenvalue weighted by Crippen LogP contribution is -2.31. The molecule has 5 nitrogen and oxygen atoms in total. The number of anilines is 2. The first-order chi connectivity index (χ1) is 12.2. The van der Waals surface area contributed by atoms with Crippen molar-refractivity contribution >= 4 is 62.1 Å². The Bertz CT molecular complexity index is 904. The van der Waals surface area contributed by atoms with Crippen LogP contribution in [0.2, 0.25) is 15.1 Å². The third-order valence-electron chi connectivity index (χ3n) is 3.47. The van der Waals surface area contributed by atoms with Crippen LogP contribution in [0, 0.1) is 0 Å². The Morgan fingerprint density at radius 1 is 1.08 bits per heavy atom. The van der Waals surface area contributed by atoms with Crippen molar-refractivity contribution in [2.75, 3.05) is 22.4 Å². The summed E-state index contributed by atoms with van der Waals surface area (Å²) in [6, 6.07) is 11.3. The SMILES string of the molecule is CS(=O)(=O)N(CCCC(=O)Nc1ccc(Cl)cc1Cl)c1cccc(Cl)c1. The fourth-order valence-corrected chi connectivity index (χ4v) is 3.90. The van der Waals surface area contributed by atoms with Crippen LogP contribution >= 0.6 is 34.8 Å². The second-order valence-corrected chi connectivity index (χ2v) is 8.78. The number of benzene rings is 2. The van der Waals surface area contributed by atoms with E-state index in [1.54, 1.807) is 36.4 Å². The number of carbonyl (C=O) groups is 1. The number of hydrogen-bond acceptors (Lipinski definition) is 3. The fraction of sp³-hybridized carbons (Fsp3) is 0.235. The van der Waals surface area contributed by atoms with E-state index in [-0.39, 0.29) is 18.9 Å².